The van der Waals surface area contributed by atoms with Crippen LogP contribution in [0.25, 0.3) is 0 Å². The molecule has 0 heterocycles. The second-order valence-electron chi connectivity index (χ2n) is 2.32. The summed E-state index contributed by atoms with van der Waals surface area (Å²) in [4.78, 5) is 0.126. The average molecular weight is 226 g/mol. The first kappa shape index (κ1) is 13.6. The Morgan fingerprint density at radius 2 is 1.69 bits per heavy atom. The fraction of sp³-hybridized carbons (Fsp3) is 0.143. The summed E-state index contributed by atoms with van der Waals surface area (Å²) < 4.78 is 21.6. The number of benzene rings is 1. The Bertz CT molecular complexity index is 361. The molecular formula is C7H11KN2O2S. The van der Waals surface area contributed by atoms with E-state index in [2.05, 4.69) is 5.32 Å². The zero-order chi connectivity index (χ0) is 9.19. The first-order valence-corrected chi connectivity index (χ1v) is 4.89. The number of primary sulfonamides is 1. The van der Waals surface area contributed by atoms with E-state index in [9.17, 15) is 8.42 Å². The number of hydrogen-bond donors (Lipinski definition) is 2. The summed E-state index contributed by atoms with van der Waals surface area (Å²) in [6.07, 6.45) is 0. The van der Waals surface area contributed by atoms with Crippen molar-refractivity contribution in [1.82, 2.24) is 0 Å². The van der Waals surface area contributed by atoms with E-state index < -0.39 is 10.0 Å². The Morgan fingerprint density at radius 3 is 2.00 bits per heavy atom. The molecule has 0 radical (unpaired) electrons. The first-order chi connectivity index (χ1) is 5.54. The molecule has 0 fully saturated rings. The topological polar surface area (TPSA) is 72.2 Å². The van der Waals surface area contributed by atoms with Crippen LogP contribution in [0.2, 0.25) is 0 Å². The zero-order valence-corrected chi connectivity index (χ0v) is 7.43. The van der Waals surface area contributed by atoms with Crippen molar-refractivity contribution < 1.29 is 8.42 Å². The van der Waals surface area contributed by atoms with E-state index in [1.165, 1.54) is 12.1 Å². The van der Waals surface area contributed by atoms with E-state index in [0.717, 1.165) is 5.69 Å². The average Bonchev–Trinajstić information content (AvgIpc) is 2.03. The molecule has 0 atom stereocenters. The van der Waals surface area contributed by atoms with Crippen molar-refractivity contribution in [3.8, 4) is 0 Å². The Kier molecular flexibility index (Phi) is 5.69. The molecule has 6 heteroatoms. The van der Waals surface area contributed by atoms with Crippen LogP contribution in [-0.4, -0.2) is 66.9 Å². The Hall–Kier alpha value is 0.566. The van der Waals surface area contributed by atoms with E-state index in [0.29, 0.717) is 0 Å². The fourth-order valence-corrected chi connectivity index (χ4v) is 1.33. The SMILES string of the molecule is CNc1ccc(S(N)(=O)=O)cc1.[KH]. The normalized spacial score (nSPS) is 10.3. The third-order valence-corrected chi connectivity index (χ3v) is 2.40. The number of nitrogens with one attached hydrogen (secondary N) is 1. The molecule has 0 aliphatic rings. The van der Waals surface area contributed by atoms with Crippen LogP contribution in [0.3, 0.4) is 0 Å². The van der Waals surface area contributed by atoms with E-state index in [4.69, 9.17) is 5.14 Å². The molecular weight excluding hydrogens is 215 g/mol. The number of anilines is 1. The molecule has 1 aromatic rings. The zero-order valence-electron chi connectivity index (χ0n) is 6.61. The first-order valence-electron chi connectivity index (χ1n) is 3.34. The van der Waals surface area contributed by atoms with Gasteiger partial charge in [-0.1, -0.05) is 0 Å². The fourth-order valence-electron chi connectivity index (χ4n) is 0.811. The number of rotatable bonds is 2. The van der Waals surface area contributed by atoms with E-state index in [1.807, 2.05) is 0 Å². The van der Waals surface area contributed by atoms with Crippen LogP contribution in [0, 0.1) is 0 Å². The maximum atomic E-state index is 10.8. The summed E-state index contributed by atoms with van der Waals surface area (Å²) in [6.45, 7) is 0. The van der Waals surface area contributed by atoms with Crippen LogP contribution in [0.1, 0.15) is 0 Å². The van der Waals surface area contributed by atoms with E-state index in [1.54, 1.807) is 19.2 Å². The number of hydrogen-bond acceptors (Lipinski definition) is 3. The minimum atomic E-state index is -3.56. The van der Waals surface area contributed by atoms with Gasteiger partial charge in [-0.3, -0.25) is 0 Å². The summed E-state index contributed by atoms with van der Waals surface area (Å²) in [6, 6.07) is 6.22. The van der Waals surface area contributed by atoms with Crippen LogP contribution in [0.5, 0.6) is 0 Å². The molecule has 0 aromatic heterocycles. The maximum absolute atomic E-state index is 10.8. The summed E-state index contributed by atoms with van der Waals surface area (Å²) in [5, 5.41) is 7.77. The molecule has 0 aliphatic carbocycles. The van der Waals surface area contributed by atoms with Gasteiger partial charge in [0.25, 0.3) is 0 Å². The number of sulfonamides is 1. The number of nitrogens with two attached hydrogens (primary N) is 1. The molecule has 0 bridgehead atoms. The van der Waals surface area contributed by atoms with Crippen molar-refractivity contribution in [2.45, 2.75) is 4.90 Å². The Morgan fingerprint density at radius 1 is 1.23 bits per heavy atom. The summed E-state index contributed by atoms with van der Waals surface area (Å²) in [5.41, 5.74) is 0.849. The van der Waals surface area contributed by atoms with Crippen molar-refractivity contribution in [1.29, 1.82) is 0 Å². The van der Waals surface area contributed by atoms with Crippen LogP contribution in [0.15, 0.2) is 29.2 Å². The van der Waals surface area contributed by atoms with Crippen molar-refractivity contribution in [3.05, 3.63) is 24.3 Å². The van der Waals surface area contributed by atoms with Crippen LogP contribution < -0.4 is 10.5 Å². The van der Waals surface area contributed by atoms with Crippen molar-refractivity contribution in [2.24, 2.45) is 5.14 Å². The summed E-state index contributed by atoms with van der Waals surface area (Å²) in [5.74, 6) is 0. The summed E-state index contributed by atoms with van der Waals surface area (Å²) >= 11 is 0. The van der Waals surface area contributed by atoms with Gasteiger partial charge >= 0.3 is 51.4 Å². The molecule has 13 heavy (non-hydrogen) atoms. The molecule has 0 spiro atoms. The predicted molar refractivity (Wildman–Crippen MR) is 54.5 cm³/mol. The van der Waals surface area contributed by atoms with Crippen LogP contribution in [0.4, 0.5) is 5.69 Å². The van der Waals surface area contributed by atoms with Gasteiger partial charge < -0.3 is 5.32 Å². The molecule has 68 valence electrons. The van der Waals surface area contributed by atoms with Gasteiger partial charge in [-0.05, 0) is 24.3 Å². The van der Waals surface area contributed by atoms with Crippen LogP contribution in [-0.2, 0) is 10.0 Å². The standard InChI is InChI=1S/C7H10N2O2S.K.H/c1-9-6-2-4-7(5-3-6)12(8,10)11;;/h2-5,9H,1H3,(H2,8,10,11);;. The molecule has 0 amide bonds. The molecule has 0 aliphatic heterocycles. The van der Waals surface area contributed by atoms with Crippen molar-refractivity contribution in [2.75, 3.05) is 12.4 Å². The van der Waals surface area contributed by atoms with Crippen molar-refractivity contribution >= 4 is 67.1 Å². The van der Waals surface area contributed by atoms with Gasteiger partial charge in [-0.25, -0.2) is 13.6 Å². The molecule has 0 saturated heterocycles. The monoisotopic (exact) mass is 226 g/mol. The van der Waals surface area contributed by atoms with Gasteiger partial charge in [-0.15, -0.1) is 0 Å². The van der Waals surface area contributed by atoms with Gasteiger partial charge in [0.15, 0.2) is 0 Å². The van der Waals surface area contributed by atoms with Gasteiger partial charge in [0, 0.05) is 12.7 Å². The molecule has 0 saturated carbocycles. The molecule has 4 nitrogen and oxygen atoms in total. The minimum absolute atomic E-state index is 0. The van der Waals surface area contributed by atoms with Crippen molar-refractivity contribution in [3.63, 3.8) is 0 Å². The third-order valence-electron chi connectivity index (χ3n) is 1.47. The quantitative estimate of drug-likeness (QED) is 0.682. The Labute approximate surface area is 120 Å². The van der Waals surface area contributed by atoms with Gasteiger partial charge in [0.05, 0.1) is 4.90 Å². The molecule has 0 unspecified atom stereocenters. The van der Waals surface area contributed by atoms with E-state index >= 15 is 0 Å². The van der Waals surface area contributed by atoms with E-state index in [-0.39, 0.29) is 56.3 Å². The summed E-state index contributed by atoms with van der Waals surface area (Å²) in [7, 11) is -1.80. The predicted octanol–water partition coefficient (Wildman–Crippen LogP) is -0.273. The Balaban J connectivity index is 0.00000144. The van der Waals surface area contributed by atoms with Gasteiger partial charge in [0.1, 0.15) is 0 Å². The molecule has 3 N–H and O–H groups in total. The van der Waals surface area contributed by atoms with Crippen LogP contribution >= 0.6 is 0 Å². The third kappa shape index (κ3) is 4.07. The van der Waals surface area contributed by atoms with Gasteiger partial charge in [-0.2, -0.15) is 0 Å². The van der Waals surface area contributed by atoms with Gasteiger partial charge in [0.2, 0.25) is 10.0 Å². The second kappa shape index (κ2) is 5.45. The molecule has 1 rings (SSSR count). The molecule has 1 aromatic carbocycles. The second-order valence-corrected chi connectivity index (χ2v) is 3.88.